The standard InChI is InChI=1S/C8H12ClNS/c1-4-6-7(9)8(5(2)3)10-11-6/h5H,4H2,1-3H3. The van der Waals surface area contributed by atoms with Crippen LogP contribution in [0.5, 0.6) is 0 Å². The Bertz CT molecular complexity index is 242. The van der Waals surface area contributed by atoms with E-state index < -0.39 is 0 Å². The molecule has 0 amide bonds. The van der Waals surface area contributed by atoms with Crippen molar-refractivity contribution in [3.8, 4) is 0 Å². The topological polar surface area (TPSA) is 12.9 Å². The fourth-order valence-corrected chi connectivity index (χ4v) is 2.28. The molecule has 1 rings (SSSR count). The summed E-state index contributed by atoms with van der Waals surface area (Å²) >= 11 is 7.59. The summed E-state index contributed by atoms with van der Waals surface area (Å²) in [6, 6.07) is 0. The second-order valence-corrected chi connectivity index (χ2v) is 4.05. The van der Waals surface area contributed by atoms with Gasteiger partial charge in [0.2, 0.25) is 0 Å². The Morgan fingerprint density at radius 2 is 2.18 bits per heavy atom. The van der Waals surface area contributed by atoms with Gasteiger partial charge in [-0.25, -0.2) is 0 Å². The van der Waals surface area contributed by atoms with E-state index in [-0.39, 0.29) is 0 Å². The van der Waals surface area contributed by atoms with Crippen LogP contribution in [0.2, 0.25) is 5.02 Å². The Balaban J connectivity index is 3.00. The van der Waals surface area contributed by atoms with Crippen molar-refractivity contribution in [2.75, 3.05) is 0 Å². The van der Waals surface area contributed by atoms with E-state index in [2.05, 4.69) is 25.1 Å². The predicted molar refractivity (Wildman–Crippen MR) is 50.6 cm³/mol. The van der Waals surface area contributed by atoms with Gasteiger partial charge in [0.15, 0.2) is 0 Å². The lowest BCUT2D eigenvalue weighted by Crippen LogP contribution is -1.87. The van der Waals surface area contributed by atoms with Gasteiger partial charge in [-0.1, -0.05) is 32.4 Å². The molecule has 11 heavy (non-hydrogen) atoms. The summed E-state index contributed by atoms with van der Waals surface area (Å²) < 4.78 is 4.30. The van der Waals surface area contributed by atoms with Gasteiger partial charge in [0.1, 0.15) is 0 Å². The van der Waals surface area contributed by atoms with Gasteiger partial charge in [-0.15, -0.1) is 0 Å². The number of aromatic nitrogens is 1. The lowest BCUT2D eigenvalue weighted by molar-refractivity contribution is 0.840. The van der Waals surface area contributed by atoms with E-state index in [1.807, 2.05) is 0 Å². The predicted octanol–water partition coefficient (Wildman–Crippen LogP) is 3.48. The lowest BCUT2D eigenvalue weighted by atomic mass is 10.1. The fourth-order valence-electron chi connectivity index (χ4n) is 0.906. The van der Waals surface area contributed by atoms with E-state index in [0.29, 0.717) is 5.92 Å². The summed E-state index contributed by atoms with van der Waals surface area (Å²) in [6.07, 6.45) is 0.989. The van der Waals surface area contributed by atoms with Gasteiger partial charge in [-0.05, 0) is 23.9 Å². The number of rotatable bonds is 2. The summed E-state index contributed by atoms with van der Waals surface area (Å²) in [5, 5.41) is 0.882. The third kappa shape index (κ3) is 1.74. The molecule has 0 unspecified atom stereocenters. The van der Waals surface area contributed by atoms with Crippen molar-refractivity contribution in [2.24, 2.45) is 0 Å². The summed E-state index contributed by atoms with van der Waals surface area (Å²) in [5.74, 6) is 0.444. The third-order valence-corrected chi connectivity index (χ3v) is 3.13. The maximum absolute atomic E-state index is 6.07. The molecular formula is C8H12ClNS. The highest BCUT2D eigenvalue weighted by molar-refractivity contribution is 7.06. The molecule has 0 spiro atoms. The van der Waals surface area contributed by atoms with E-state index in [0.717, 1.165) is 17.1 Å². The van der Waals surface area contributed by atoms with Crippen LogP contribution in [0.3, 0.4) is 0 Å². The van der Waals surface area contributed by atoms with Gasteiger partial charge in [0.05, 0.1) is 10.7 Å². The van der Waals surface area contributed by atoms with Crippen LogP contribution in [0.25, 0.3) is 0 Å². The minimum absolute atomic E-state index is 0.444. The van der Waals surface area contributed by atoms with Crippen LogP contribution in [0.15, 0.2) is 0 Å². The highest BCUT2D eigenvalue weighted by atomic mass is 35.5. The van der Waals surface area contributed by atoms with Crippen molar-refractivity contribution < 1.29 is 0 Å². The Morgan fingerprint density at radius 3 is 2.45 bits per heavy atom. The van der Waals surface area contributed by atoms with Crippen molar-refractivity contribution in [2.45, 2.75) is 33.1 Å². The van der Waals surface area contributed by atoms with Gasteiger partial charge in [-0.2, -0.15) is 4.37 Å². The number of aryl methyl sites for hydroxylation is 1. The maximum atomic E-state index is 6.07. The molecule has 0 saturated heterocycles. The summed E-state index contributed by atoms with van der Waals surface area (Å²) in [6.45, 7) is 6.32. The summed E-state index contributed by atoms with van der Waals surface area (Å²) in [5.41, 5.74) is 1.05. The van der Waals surface area contributed by atoms with Crippen molar-refractivity contribution >= 4 is 23.1 Å². The zero-order chi connectivity index (χ0) is 8.43. The maximum Gasteiger partial charge on any atom is 0.0780 e. The van der Waals surface area contributed by atoms with Crippen molar-refractivity contribution in [1.82, 2.24) is 4.37 Å². The highest BCUT2D eigenvalue weighted by Crippen LogP contribution is 2.29. The molecule has 0 aromatic carbocycles. The second-order valence-electron chi connectivity index (χ2n) is 2.81. The third-order valence-electron chi connectivity index (χ3n) is 1.59. The van der Waals surface area contributed by atoms with Crippen molar-refractivity contribution in [3.63, 3.8) is 0 Å². The van der Waals surface area contributed by atoms with Crippen LogP contribution in [0, 0.1) is 0 Å². The molecule has 0 radical (unpaired) electrons. The monoisotopic (exact) mass is 189 g/mol. The Labute approximate surface area is 76.6 Å². The van der Waals surface area contributed by atoms with Crippen LogP contribution in [0.1, 0.15) is 37.3 Å². The zero-order valence-electron chi connectivity index (χ0n) is 7.02. The van der Waals surface area contributed by atoms with Gasteiger partial charge in [-0.3, -0.25) is 0 Å². The fraction of sp³-hybridized carbons (Fsp3) is 0.625. The molecule has 3 heteroatoms. The first kappa shape index (κ1) is 9.01. The van der Waals surface area contributed by atoms with Gasteiger partial charge >= 0.3 is 0 Å². The zero-order valence-corrected chi connectivity index (χ0v) is 8.59. The summed E-state index contributed by atoms with van der Waals surface area (Å²) in [7, 11) is 0. The SMILES string of the molecule is CCc1snc(C(C)C)c1Cl. The molecule has 0 bridgehead atoms. The van der Waals surface area contributed by atoms with Crippen LogP contribution in [-0.2, 0) is 6.42 Å². The largest absolute Gasteiger partial charge is 0.196 e. The highest BCUT2D eigenvalue weighted by Gasteiger charge is 2.12. The molecule has 0 atom stereocenters. The second kappa shape index (κ2) is 3.55. The number of halogens is 1. The molecule has 0 aliphatic heterocycles. The van der Waals surface area contributed by atoms with Crippen molar-refractivity contribution in [1.29, 1.82) is 0 Å². The molecule has 1 nitrogen and oxygen atoms in total. The molecule has 0 N–H and O–H groups in total. The lowest BCUT2D eigenvalue weighted by Gasteiger charge is -1.99. The molecule has 0 fully saturated rings. The molecule has 1 aromatic heterocycles. The number of hydrogen-bond acceptors (Lipinski definition) is 2. The Kier molecular flexibility index (Phi) is 2.90. The smallest absolute Gasteiger partial charge is 0.0780 e. The molecular weight excluding hydrogens is 178 g/mol. The molecule has 0 aliphatic carbocycles. The average Bonchev–Trinajstić information content (AvgIpc) is 2.30. The van der Waals surface area contributed by atoms with Crippen LogP contribution in [-0.4, -0.2) is 4.37 Å². The minimum Gasteiger partial charge on any atom is -0.196 e. The van der Waals surface area contributed by atoms with Crippen LogP contribution >= 0.6 is 23.1 Å². The van der Waals surface area contributed by atoms with E-state index in [9.17, 15) is 0 Å². The first-order valence-electron chi connectivity index (χ1n) is 3.80. The minimum atomic E-state index is 0.444. The molecule has 1 heterocycles. The Hall–Kier alpha value is -0.0800. The quantitative estimate of drug-likeness (QED) is 0.694. The average molecular weight is 190 g/mol. The first-order chi connectivity index (χ1) is 5.16. The number of nitrogens with zero attached hydrogens (tertiary/aromatic N) is 1. The van der Waals surface area contributed by atoms with Gasteiger partial charge < -0.3 is 0 Å². The molecule has 0 saturated carbocycles. The Morgan fingerprint density at radius 1 is 1.55 bits per heavy atom. The van der Waals surface area contributed by atoms with Gasteiger partial charge in [0.25, 0.3) is 0 Å². The van der Waals surface area contributed by atoms with E-state index in [1.165, 1.54) is 16.4 Å². The normalized spacial score (nSPS) is 11.0. The summed E-state index contributed by atoms with van der Waals surface area (Å²) in [4.78, 5) is 1.20. The van der Waals surface area contributed by atoms with E-state index >= 15 is 0 Å². The van der Waals surface area contributed by atoms with Crippen LogP contribution < -0.4 is 0 Å². The molecule has 1 aromatic rings. The molecule has 62 valence electrons. The van der Waals surface area contributed by atoms with Crippen molar-refractivity contribution in [3.05, 3.63) is 15.6 Å². The van der Waals surface area contributed by atoms with Gasteiger partial charge in [0, 0.05) is 4.88 Å². The van der Waals surface area contributed by atoms with E-state index in [4.69, 9.17) is 11.6 Å². The molecule has 0 aliphatic rings. The van der Waals surface area contributed by atoms with E-state index in [1.54, 1.807) is 0 Å². The number of hydrogen-bond donors (Lipinski definition) is 0. The first-order valence-corrected chi connectivity index (χ1v) is 4.95. The van der Waals surface area contributed by atoms with Crippen LogP contribution in [0.4, 0.5) is 0 Å².